The zero-order valence-corrected chi connectivity index (χ0v) is 69.2. The van der Waals surface area contributed by atoms with Crippen LogP contribution in [0.2, 0.25) is 0 Å². The van der Waals surface area contributed by atoms with Crippen LogP contribution in [0.5, 0.6) is 0 Å². The Morgan fingerprint density at radius 3 is 0.915 bits per heavy atom. The molecule has 0 fully saturated rings. The van der Waals surface area contributed by atoms with Gasteiger partial charge in [-0.1, -0.05) is 163 Å². The van der Waals surface area contributed by atoms with Gasteiger partial charge in [0.1, 0.15) is 0 Å². The van der Waals surface area contributed by atoms with E-state index in [-0.39, 0.29) is 0 Å². The normalized spacial score (nSPS) is 13.1. The van der Waals surface area contributed by atoms with Crippen LogP contribution in [0.25, 0.3) is 109 Å². The van der Waals surface area contributed by atoms with Gasteiger partial charge >= 0.3 is 0 Å². The zero-order valence-electron chi connectivity index (χ0n) is 67.6. The Balaban J connectivity index is 1.11. The summed E-state index contributed by atoms with van der Waals surface area (Å²) in [5.41, 5.74) is 43.7. The van der Waals surface area contributed by atoms with Gasteiger partial charge in [0.15, 0.2) is 0 Å². The molecule has 10 heteroatoms. The number of aryl methyl sites for hydroxylation is 10. The van der Waals surface area contributed by atoms with Crippen molar-refractivity contribution in [1.29, 1.82) is 0 Å². The molecule has 0 radical (unpaired) electrons. The van der Waals surface area contributed by atoms with E-state index in [9.17, 15) is 0 Å². The Hall–Kier alpha value is -8.28. The molecule has 106 heavy (non-hydrogen) atoms. The summed E-state index contributed by atoms with van der Waals surface area (Å²) in [4.78, 5) is 44.4. The Morgan fingerprint density at radius 2 is 0.585 bits per heavy atom. The molecule has 554 valence electrons. The molecule has 4 aliphatic heterocycles. The molecule has 12 rings (SSSR count). The van der Waals surface area contributed by atoms with Crippen LogP contribution in [0.15, 0.2) is 48.5 Å². The molecule has 12 heterocycles. The summed E-state index contributed by atoms with van der Waals surface area (Å²) in [5, 5.41) is 0. The van der Waals surface area contributed by atoms with E-state index in [4.69, 9.17) is 19.9 Å². The van der Waals surface area contributed by atoms with E-state index < -0.39 is 0 Å². The van der Waals surface area contributed by atoms with Gasteiger partial charge in [-0.25, -0.2) is 19.9 Å². The van der Waals surface area contributed by atoms with Gasteiger partial charge in [-0.3, -0.25) is 0 Å². The number of fused-ring (bicyclic) bond motifs is 16. The van der Waals surface area contributed by atoms with Gasteiger partial charge < -0.3 is 19.9 Å². The number of hydrogen-bond donors (Lipinski definition) is 4. The largest absolute Gasteiger partial charge is 0.355 e. The molecule has 8 aromatic heterocycles. The lowest BCUT2D eigenvalue weighted by molar-refractivity contribution is 0.667. The third-order valence-electron chi connectivity index (χ3n) is 23.3. The maximum absolute atomic E-state index is 5.97. The summed E-state index contributed by atoms with van der Waals surface area (Å²) in [5.74, 6) is 14.8. The van der Waals surface area contributed by atoms with Crippen LogP contribution in [0.4, 0.5) is 0 Å². The summed E-state index contributed by atoms with van der Waals surface area (Å²) >= 11 is 3.83. The number of nitrogens with zero attached hydrogens (tertiary/aromatic N) is 4. The lowest BCUT2D eigenvalue weighted by atomic mass is 9.92. The van der Waals surface area contributed by atoms with E-state index in [0.717, 1.165) is 195 Å². The average Bonchev–Trinajstić information content (AvgIpc) is 1.59. The second-order valence-corrected chi connectivity index (χ2v) is 31.3. The molecule has 8 nitrogen and oxygen atoms in total. The highest BCUT2D eigenvalue weighted by molar-refractivity contribution is 7.24. The highest BCUT2D eigenvalue weighted by Gasteiger charge is 2.32. The molecule has 0 amide bonds. The third-order valence-corrected chi connectivity index (χ3v) is 25.8. The molecule has 16 bridgehead atoms. The minimum atomic E-state index is 0.823. The molecule has 0 saturated heterocycles. The molecular formula is C96H118N8S2. The van der Waals surface area contributed by atoms with Crippen molar-refractivity contribution < 1.29 is 0 Å². The average molecular weight is 1450 g/mol. The van der Waals surface area contributed by atoms with E-state index in [1.165, 1.54) is 192 Å². The number of nitrogens with one attached hydrogen (secondary N) is 4. The highest BCUT2D eigenvalue weighted by atomic mass is 32.1. The number of thiophene rings is 2. The Morgan fingerprint density at radius 1 is 0.283 bits per heavy atom. The number of aromatic amines is 4. The highest BCUT2D eigenvalue weighted by Crippen LogP contribution is 2.51. The summed E-state index contributed by atoms with van der Waals surface area (Å²) < 4.78 is 0. The van der Waals surface area contributed by atoms with Crippen LogP contribution in [0, 0.1) is 23.7 Å². The first-order valence-electron chi connectivity index (χ1n) is 41.6. The molecule has 4 aliphatic rings. The Bertz CT molecular complexity index is 5060. The zero-order chi connectivity index (χ0) is 75.0. The van der Waals surface area contributed by atoms with E-state index in [1.807, 2.05) is 22.7 Å². The van der Waals surface area contributed by atoms with E-state index in [0.29, 0.717) is 0 Å². The van der Waals surface area contributed by atoms with Crippen molar-refractivity contribution in [1.82, 2.24) is 39.9 Å². The molecule has 0 saturated carbocycles. The summed E-state index contributed by atoms with van der Waals surface area (Å²) in [6.07, 6.45) is 25.7. The number of allylic oxidation sites excluding steroid dienone is 8. The van der Waals surface area contributed by atoms with Crippen molar-refractivity contribution in [3.63, 3.8) is 0 Å². The first kappa shape index (κ1) is 77.3. The van der Waals surface area contributed by atoms with Crippen LogP contribution in [-0.2, 0) is 64.2 Å². The minimum absolute atomic E-state index is 0.823. The quantitative estimate of drug-likeness (QED) is 0.0289. The van der Waals surface area contributed by atoms with E-state index in [1.54, 1.807) is 0 Å². The maximum Gasteiger partial charge on any atom is 0.0851 e. The smallest absolute Gasteiger partial charge is 0.0851 e. The van der Waals surface area contributed by atoms with Crippen molar-refractivity contribution in [2.24, 2.45) is 0 Å². The van der Waals surface area contributed by atoms with E-state index >= 15 is 0 Å². The Kier molecular flexibility index (Phi) is 25.3. The van der Waals surface area contributed by atoms with Gasteiger partial charge in [0.2, 0.25) is 0 Å². The summed E-state index contributed by atoms with van der Waals surface area (Å²) in [6.45, 7) is 41.5. The van der Waals surface area contributed by atoms with Gasteiger partial charge in [-0.15, -0.1) is 22.7 Å². The van der Waals surface area contributed by atoms with Gasteiger partial charge in [0.05, 0.1) is 56.0 Å². The predicted octanol–water partition coefficient (Wildman–Crippen LogP) is 27.5. The minimum Gasteiger partial charge on any atom is -0.355 e. The number of hydrogen-bond acceptors (Lipinski definition) is 6. The van der Waals surface area contributed by atoms with Gasteiger partial charge in [0, 0.05) is 64.3 Å². The lowest BCUT2D eigenvalue weighted by Crippen LogP contribution is -1.95. The van der Waals surface area contributed by atoms with Gasteiger partial charge in [-0.05, 0) is 301 Å². The Labute approximate surface area is 642 Å². The van der Waals surface area contributed by atoms with Gasteiger partial charge in [-0.2, -0.15) is 0 Å². The molecular weight excluding hydrogens is 1330 g/mol. The second-order valence-electron chi connectivity index (χ2n) is 29.2. The monoisotopic (exact) mass is 1450 g/mol. The molecule has 0 aliphatic carbocycles. The standard InChI is InChI=1S/C96H118N8S2/c1-19-37-39-41-45-57-49-90(105-88(57)48-44-43-47-75-92-71(33-15)67(29-11)84(101-92)53-80-63(25-7)59(21-3)76(97-80)51-77-60(22-4)64(26-8)81(98-77)54-85-68(30-12)72(34-16)93(75)102-85)96-58(46-42-40-38-20-2)50-89(106-96)91-94-73(35-17)69(31-13)86(103-94)55-82-65(27-9)61(23-5)78(99-82)52-79-62(24-6)66(28-10)83(100-79)56-87-70(32-14)74(36-18)95(91)104-87/h49-56,97-100H,19-42,45-46H2,1-18H3. The first-order valence-corrected chi connectivity index (χ1v) is 43.2. The summed E-state index contributed by atoms with van der Waals surface area (Å²) in [6, 6.07) is 19.3. The predicted molar refractivity (Wildman–Crippen MR) is 463 cm³/mol. The van der Waals surface area contributed by atoms with Crippen LogP contribution >= 0.6 is 22.7 Å². The lowest BCUT2D eigenvalue weighted by Gasteiger charge is -2.11. The molecule has 0 atom stereocenters. The van der Waals surface area contributed by atoms with Crippen molar-refractivity contribution in [3.05, 3.63) is 160 Å². The molecule has 8 aromatic rings. The molecule has 0 aromatic carbocycles. The van der Waals surface area contributed by atoms with Crippen molar-refractivity contribution in [2.75, 3.05) is 0 Å². The van der Waals surface area contributed by atoms with Crippen LogP contribution < -0.4 is 0 Å². The second kappa shape index (κ2) is 34.7. The van der Waals surface area contributed by atoms with Crippen LogP contribution in [-0.4, -0.2) is 39.9 Å². The fraction of sp³-hybridized carbons (Fsp3) is 0.458. The SMILES string of the molecule is CCCCCCc1cc(-c2sc(-c3c4nc(cc5[nH]c(cc6[nH]c(cc7nc3C(CC)=C7CC)c(CC)c6CC)c(CC)c5CC)C(CC)=C4CC)cc2CCCCCC)sc1C#CC#Cc1c2nc(cc3[nH]c(cc4[nH]c(cc5nc1C(CC)=C5CC)c(CC)c4CC)c(CC)c3CC)C(CC)=C2CC. The number of rotatable bonds is 28. The maximum atomic E-state index is 5.97. The first-order chi connectivity index (χ1) is 51.8. The molecule has 0 spiro atoms. The fourth-order valence-electron chi connectivity index (χ4n) is 18.2. The van der Waals surface area contributed by atoms with Gasteiger partial charge in [0.25, 0.3) is 0 Å². The van der Waals surface area contributed by atoms with Crippen LogP contribution in [0.1, 0.15) is 339 Å². The van der Waals surface area contributed by atoms with E-state index in [2.05, 4.69) is 217 Å². The van der Waals surface area contributed by atoms with Crippen molar-refractivity contribution in [3.8, 4) is 43.9 Å². The fourth-order valence-corrected chi connectivity index (χ4v) is 20.6. The number of unbranched alkanes of at least 4 members (excludes halogenated alkanes) is 6. The number of H-pyrrole nitrogens is 4. The van der Waals surface area contributed by atoms with Crippen LogP contribution in [0.3, 0.4) is 0 Å². The van der Waals surface area contributed by atoms with Crippen molar-refractivity contribution >= 4 is 111 Å². The molecule has 0 unspecified atom stereocenters. The third kappa shape index (κ3) is 14.6. The number of aromatic nitrogens is 8. The summed E-state index contributed by atoms with van der Waals surface area (Å²) in [7, 11) is 0. The van der Waals surface area contributed by atoms with Crippen molar-refractivity contribution in [2.45, 2.75) is 292 Å². The molecule has 4 N–H and O–H groups in total. The topological polar surface area (TPSA) is 115 Å².